The molecule has 1 N–H and O–H groups in total. The van der Waals surface area contributed by atoms with Crippen LogP contribution in [0.4, 0.5) is 0 Å². The zero-order valence-corrected chi connectivity index (χ0v) is 9.77. The molecule has 1 fully saturated rings. The van der Waals surface area contributed by atoms with E-state index >= 15 is 0 Å². The first-order chi connectivity index (χ1) is 7.06. The molecule has 0 spiro atoms. The summed E-state index contributed by atoms with van der Waals surface area (Å²) in [5.74, 6) is -0.644. The standard InChI is InChI=1S/C11H21NO3/c1-4-15-7-9(3)12-5-8(2)10(6-12)11(13)14/h8-10H,4-7H2,1-3H3,(H,13,14). The Balaban J connectivity index is 2.43. The highest BCUT2D eigenvalue weighted by Crippen LogP contribution is 2.24. The van der Waals surface area contributed by atoms with Crippen molar-refractivity contribution in [3.8, 4) is 0 Å². The molecule has 0 aromatic rings. The lowest BCUT2D eigenvalue weighted by Gasteiger charge is -2.23. The fourth-order valence-electron chi connectivity index (χ4n) is 2.08. The van der Waals surface area contributed by atoms with Crippen LogP contribution >= 0.6 is 0 Å². The second-order valence-electron chi connectivity index (χ2n) is 4.38. The Kier molecular flexibility index (Phi) is 4.54. The molecular formula is C11H21NO3. The van der Waals surface area contributed by atoms with Gasteiger partial charge in [0.25, 0.3) is 0 Å². The molecule has 4 nitrogen and oxygen atoms in total. The van der Waals surface area contributed by atoms with Crippen molar-refractivity contribution in [2.75, 3.05) is 26.3 Å². The van der Waals surface area contributed by atoms with Crippen LogP contribution in [0, 0.1) is 11.8 Å². The van der Waals surface area contributed by atoms with Gasteiger partial charge in [-0.1, -0.05) is 6.92 Å². The van der Waals surface area contributed by atoms with Crippen LogP contribution in [0.25, 0.3) is 0 Å². The summed E-state index contributed by atoms with van der Waals surface area (Å²) >= 11 is 0. The van der Waals surface area contributed by atoms with Gasteiger partial charge in [0, 0.05) is 25.7 Å². The molecule has 3 atom stereocenters. The fraction of sp³-hybridized carbons (Fsp3) is 0.909. The second-order valence-corrected chi connectivity index (χ2v) is 4.38. The number of carboxylic acid groups (broad SMARTS) is 1. The largest absolute Gasteiger partial charge is 0.481 e. The number of hydrogen-bond donors (Lipinski definition) is 1. The molecule has 0 aliphatic carbocycles. The monoisotopic (exact) mass is 215 g/mol. The first-order valence-electron chi connectivity index (χ1n) is 5.60. The Bertz CT molecular complexity index is 220. The molecule has 0 amide bonds. The van der Waals surface area contributed by atoms with E-state index in [0.29, 0.717) is 19.2 Å². The van der Waals surface area contributed by atoms with E-state index in [2.05, 4.69) is 11.8 Å². The molecule has 0 aromatic heterocycles. The lowest BCUT2D eigenvalue weighted by Crippen LogP contribution is -2.35. The van der Waals surface area contributed by atoms with Gasteiger partial charge in [-0.2, -0.15) is 0 Å². The summed E-state index contributed by atoms with van der Waals surface area (Å²) in [6, 6.07) is 0.316. The van der Waals surface area contributed by atoms with Crippen molar-refractivity contribution in [2.45, 2.75) is 26.8 Å². The van der Waals surface area contributed by atoms with Crippen LogP contribution in [-0.2, 0) is 9.53 Å². The Morgan fingerprint density at radius 1 is 1.60 bits per heavy atom. The highest BCUT2D eigenvalue weighted by Gasteiger charge is 2.36. The van der Waals surface area contributed by atoms with Crippen LogP contribution in [0.15, 0.2) is 0 Å². The zero-order chi connectivity index (χ0) is 11.4. The predicted molar refractivity (Wildman–Crippen MR) is 57.8 cm³/mol. The minimum Gasteiger partial charge on any atom is -0.481 e. The maximum atomic E-state index is 10.9. The Morgan fingerprint density at radius 3 is 2.73 bits per heavy atom. The summed E-state index contributed by atoms with van der Waals surface area (Å²) in [6.07, 6.45) is 0. The van der Waals surface area contributed by atoms with Crippen molar-refractivity contribution in [1.82, 2.24) is 4.90 Å². The lowest BCUT2D eigenvalue weighted by atomic mass is 9.99. The summed E-state index contributed by atoms with van der Waals surface area (Å²) in [6.45, 7) is 9.00. The average Bonchev–Trinajstić information content (AvgIpc) is 2.56. The van der Waals surface area contributed by atoms with Gasteiger partial charge < -0.3 is 9.84 Å². The van der Waals surface area contributed by atoms with E-state index in [-0.39, 0.29) is 11.8 Å². The molecule has 1 rings (SSSR count). The molecular weight excluding hydrogens is 194 g/mol. The molecule has 0 saturated carbocycles. The molecule has 0 bridgehead atoms. The van der Waals surface area contributed by atoms with Gasteiger partial charge in [-0.25, -0.2) is 0 Å². The highest BCUT2D eigenvalue weighted by atomic mass is 16.5. The molecule has 1 aliphatic heterocycles. The van der Waals surface area contributed by atoms with Crippen LogP contribution in [0.1, 0.15) is 20.8 Å². The van der Waals surface area contributed by atoms with Crippen molar-refractivity contribution < 1.29 is 14.6 Å². The Labute approximate surface area is 91.2 Å². The van der Waals surface area contributed by atoms with Crippen LogP contribution < -0.4 is 0 Å². The van der Waals surface area contributed by atoms with Crippen LogP contribution in [0.2, 0.25) is 0 Å². The number of ether oxygens (including phenoxy) is 1. The first-order valence-corrected chi connectivity index (χ1v) is 5.60. The van der Waals surface area contributed by atoms with Gasteiger partial charge in [-0.3, -0.25) is 9.69 Å². The van der Waals surface area contributed by atoms with E-state index in [4.69, 9.17) is 9.84 Å². The van der Waals surface area contributed by atoms with E-state index < -0.39 is 5.97 Å². The maximum absolute atomic E-state index is 10.9. The van der Waals surface area contributed by atoms with Gasteiger partial charge in [0.15, 0.2) is 0 Å². The van der Waals surface area contributed by atoms with Crippen LogP contribution in [-0.4, -0.2) is 48.3 Å². The van der Waals surface area contributed by atoms with Gasteiger partial charge in [0.05, 0.1) is 12.5 Å². The van der Waals surface area contributed by atoms with Gasteiger partial charge >= 0.3 is 5.97 Å². The molecule has 3 unspecified atom stereocenters. The minimum absolute atomic E-state index is 0.214. The summed E-state index contributed by atoms with van der Waals surface area (Å²) in [5.41, 5.74) is 0. The molecule has 1 aliphatic rings. The zero-order valence-electron chi connectivity index (χ0n) is 9.77. The SMILES string of the molecule is CCOCC(C)N1CC(C)C(C(=O)O)C1. The number of carbonyl (C=O) groups is 1. The van der Waals surface area contributed by atoms with Crippen molar-refractivity contribution in [3.63, 3.8) is 0 Å². The van der Waals surface area contributed by atoms with E-state index in [1.165, 1.54) is 0 Å². The molecule has 0 radical (unpaired) electrons. The smallest absolute Gasteiger partial charge is 0.308 e. The van der Waals surface area contributed by atoms with Crippen molar-refractivity contribution in [1.29, 1.82) is 0 Å². The van der Waals surface area contributed by atoms with Crippen molar-refractivity contribution in [2.24, 2.45) is 11.8 Å². The average molecular weight is 215 g/mol. The molecule has 15 heavy (non-hydrogen) atoms. The van der Waals surface area contributed by atoms with Crippen molar-refractivity contribution in [3.05, 3.63) is 0 Å². The Hall–Kier alpha value is -0.610. The molecule has 88 valence electrons. The molecule has 1 saturated heterocycles. The van der Waals surface area contributed by atoms with Crippen LogP contribution in [0.3, 0.4) is 0 Å². The Morgan fingerprint density at radius 2 is 2.27 bits per heavy atom. The molecule has 0 aromatic carbocycles. The minimum atomic E-state index is -0.673. The first kappa shape index (κ1) is 12.5. The number of aliphatic carboxylic acids is 1. The van der Waals surface area contributed by atoms with E-state index in [9.17, 15) is 4.79 Å². The maximum Gasteiger partial charge on any atom is 0.308 e. The fourth-order valence-corrected chi connectivity index (χ4v) is 2.08. The second kappa shape index (κ2) is 5.47. The third kappa shape index (κ3) is 3.18. The van der Waals surface area contributed by atoms with Gasteiger partial charge in [-0.15, -0.1) is 0 Å². The van der Waals surface area contributed by atoms with Gasteiger partial charge in [0.2, 0.25) is 0 Å². The number of rotatable bonds is 5. The summed E-state index contributed by atoms with van der Waals surface area (Å²) in [5, 5.41) is 9.00. The summed E-state index contributed by atoms with van der Waals surface area (Å²) < 4.78 is 5.35. The van der Waals surface area contributed by atoms with E-state index in [1.807, 2.05) is 13.8 Å². The summed E-state index contributed by atoms with van der Waals surface area (Å²) in [7, 11) is 0. The van der Waals surface area contributed by atoms with E-state index in [1.54, 1.807) is 0 Å². The number of hydrogen-bond acceptors (Lipinski definition) is 3. The predicted octanol–water partition coefficient (Wildman–Crippen LogP) is 1.06. The van der Waals surface area contributed by atoms with E-state index in [0.717, 1.165) is 13.2 Å². The molecule has 4 heteroatoms. The number of likely N-dealkylation sites (tertiary alicyclic amines) is 1. The van der Waals surface area contributed by atoms with Crippen LogP contribution in [0.5, 0.6) is 0 Å². The van der Waals surface area contributed by atoms with Crippen molar-refractivity contribution >= 4 is 5.97 Å². The quantitative estimate of drug-likeness (QED) is 0.745. The van der Waals surface area contributed by atoms with Gasteiger partial charge in [0.1, 0.15) is 0 Å². The summed E-state index contributed by atoms with van der Waals surface area (Å²) in [4.78, 5) is 13.1. The number of nitrogens with zero attached hydrogens (tertiary/aromatic N) is 1. The third-order valence-electron chi connectivity index (χ3n) is 3.14. The third-order valence-corrected chi connectivity index (χ3v) is 3.14. The van der Waals surface area contributed by atoms with Gasteiger partial charge in [-0.05, 0) is 19.8 Å². The lowest BCUT2D eigenvalue weighted by molar-refractivity contribution is -0.142. The topological polar surface area (TPSA) is 49.8 Å². The normalized spacial score (nSPS) is 29.3. The highest BCUT2D eigenvalue weighted by molar-refractivity contribution is 5.71. The molecule has 1 heterocycles. The number of carboxylic acids is 1.